The summed E-state index contributed by atoms with van der Waals surface area (Å²) in [5.74, 6) is -0.480. The third-order valence-corrected chi connectivity index (χ3v) is 2.41. The van der Waals surface area contributed by atoms with Crippen LogP contribution >= 0.6 is 0 Å². The first-order valence-corrected chi connectivity index (χ1v) is 5.65. The summed E-state index contributed by atoms with van der Waals surface area (Å²) in [7, 11) is 1.23. The number of esters is 1. The van der Waals surface area contributed by atoms with E-state index in [0.717, 1.165) is 11.6 Å². The third kappa shape index (κ3) is 3.42. The van der Waals surface area contributed by atoms with Crippen molar-refractivity contribution >= 4 is 18.1 Å². The number of carbonyl (C=O) groups excluding carboxylic acids is 1. The maximum absolute atomic E-state index is 11.4. The van der Waals surface area contributed by atoms with E-state index in [-0.39, 0.29) is 11.2 Å². The molecule has 2 rings (SSSR count). The van der Waals surface area contributed by atoms with Gasteiger partial charge in [0, 0.05) is 12.1 Å². The maximum atomic E-state index is 11.4. The van der Waals surface area contributed by atoms with Gasteiger partial charge in [0.15, 0.2) is 5.43 Å². The molecule has 0 aliphatic rings. The summed E-state index contributed by atoms with van der Waals surface area (Å²) >= 11 is 0. The van der Waals surface area contributed by atoms with Gasteiger partial charge < -0.3 is 9.15 Å². The van der Waals surface area contributed by atoms with Crippen LogP contribution in [0.1, 0.15) is 21.9 Å². The summed E-state index contributed by atoms with van der Waals surface area (Å²) in [6.45, 7) is 0. The summed E-state index contributed by atoms with van der Waals surface area (Å²) in [6, 6.07) is 12.0. The summed E-state index contributed by atoms with van der Waals surface area (Å²) in [4.78, 5) is 22.8. The number of benzene rings is 1. The van der Waals surface area contributed by atoms with E-state index in [9.17, 15) is 9.59 Å². The molecule has 4 heteroatoms. The maximum Gasteiger partial charge on any atom is 0.374 e. The smallest absolute Gasteiger partial charge is 0.374 e. The standard InChI is InChI=1S/C15H12O4/c1-18-15(17)14-10-12(16)9-13(19-14)8-7-11-5-3-2-4-6-11/h2-10H,1H3/b8-7+. The van der Waals surface area contributed by atoms with Gasteiger partial charge in [-0.1, -0.05) is 36.4 Å². The Hall–Kier alpha value is -2.62. The quantitative estimate of drug-likeness (QED) is 0.792. The van der Waals surface area contributed by atoms with Crippen molar-refractivity contribution in [2.45, 2.75) is 0 Å². The number of ether oxygens (including phenoxy) is 1. The molecule has 1 heterocycles. The van der Waals surface area contributed by atoms with Crippen LogP contribution in [0.15, 0.2) is 51.7 Å². The molecule has 0 unspecified atom stereocenters. The van der Waals surface area contributed by atoms with Crippen molar-refractivity contribution in [1.82, 2.24) is 0 Å². The van der Waals surface area contributed by atoms with Crippen molar-refractivity contribution in [3.05, 3.63) is 69.8 Å². The first kappa shape index (κ1) is 12.8. The molecule has 19 heavy (non-hydrogen) atoms. The lowest BCUT2D eigenvalue weighted by atomic mass is 10.2. The Bertz CT molecular complexity index is 653. The van der Waals surface area contributed by atoms with Crippen molar-refractivity contribution < 1.29 is 13.9 Å². The number of hydrogen-bond donors (Lipinski definition) is 0. The Kier molecular flexibility index (Phi) is 3.93. The lowest BCUT2D eigenvalue weighted by molar-refractivity contribution is 0.0561. The highest BCUT2D eigenvalue weighted by atomic mass is 16.5. The Balaban J connectivity index is 2.31. The van der Waals surface area contributed by atoms with Crippen LogP contribution < -0.4 is 5.43 Å². The van der Waals surface area contributed by atoms with Crippen LogP contribution in [0.5, 0.6) is 0 Å². The lowest BCUT2D eigenvalue weighted by Crippen LogP contribution is -2.07. The van der Waals surface area contributed by atoms with E-state index in [1.807, 2.05) is 30.3 Å². The minimum atomic E-state index is -0.674. The van der Waals surface area contributed by atoms with Crippen molar-refractivity contribution in [3.63, 3.8) is 0 Å². The summed E-state index contributed by atoms with van der Waals surface area (Å²) in [5.41, 5.74) is 0.660. The first-order valence-electron chi connectivity index (χ1n) is 5.65. The van der Waals surface area contributed by atoms with Gasteiger partial charge in [-0.3, -0.25) is 4.79 Å². The van der Waals surface area contributed by atoms with E-state index < -0.39 is 5.97 Å². The minimum Gasteiger partial charge on any atom is -0.463 e. The molecular formula is C15H12O4. The molecular weight excluding hydrogens is 244 g/mol. The fraction of sp³-hybridized carbons (Fsp3) is 0.0667. The SMILES string of the molecule is COC(=O)c1cc(=O)cc(/C=C/c2ccccc2)o1. The van der Waals surface area contributed by atoms with Gasteiger partial charge in [0.25, 0.3) is 0 Å². The van der Waals surface area contributed by atoms with Gasteiger partial charge in [-0.2, -0.15) is 0 Å². The Morgan fingerprint density at radius 3 is 2.58 bits per heavy atom. The van der Waals surface area contributed by atoms with E-state index >= 15 is 0 Å². The largest absolute Gasteiger partial charge is 0.463 e. The number of rotatable bonds is 3. The zero-order chi connectivity index (χ0) is 13.7. The fourth-order valence-corrected chi connectivity index (χ4v) is 1.52. The number of carbonyl (C=O) groups is 1. The average Bonchev–Trinajstić information content (AvgIpc) is 2.45. The highest BCUT2D eigenvalue weighted by Crippen LogP contribution is 2.09. The molecule has 0 saturated carbocycles. The monoisotopic (exact) mass is 256 g/mol. The molecule has 0 N–H and O–H groups in total. The summed E-state index contributed by atoms with van der Waals surface area (Å²) in [5, 5.41) is 0. The van der Waals surface area contributed by atoms with Gasteiger partial charge in [0.1, 0.15) is 5.76 Å². The highest BCUT2D eigenvalue weighted by molar-refractivity contribution is 5.86. The fourth-order valence-electron chi connectivity index (χ4n) is 1.52. The molecule has 0 saturated heterocycles. The predicted octanol–water partition coefficient (Wildman–Crippen LogP) is 2.60. The second-order valence-electron chi connectivity index (χ2n) is 3.80. The van der Waals surface area contributed by atoms with Gasteiger partial charge in [-0.25, -0.2) is 4.79 Å². The van der Waals surface area contributed by atoms with Gasteiger partial charge >= 0.3 is 5.97 Å². The molecule has 0 fully saturated rings. The molecule has 2 aromatic rings. The second-order valence-corrected chi connectivity index (χ2v) is 3.80. The van der Waals surface area contributed by atoms with Gasteiger partial charge in [0.2, 0.25) is 5.76 Å². The lowest BCUT2D eigenvalue weighted by Gasteiger charge is -1.99. The molecule has 4 nitrogen and oxygen atoms in total. The van der Waals surface area contributed by atoms with Crippen molar-refractivity contribution in [1.29, 1.82) is 0 Å². The topological polar surface area (TPSA) is 56.5 Å². The van der Waals surface area contributed by atoms with Crippen molar-refractivity contribution in [3.8, 4) is 0 Å². The van der Waals surface area contributed by atoms with E-state index in [1.54, 1.807) is 12.2 Å². The van der Waals surface area contributed by atoms with Crippen LogP contribution in [0.2, 0.25) is 0 Å². The van der Waals surface area contributed by atoms with Crippen LogP contribution in [0.3, 0.4) is 0 Å². The minimum absolute atomic E-state index is 0.109. The van der Waals surface area contributed by atoms with Gasteiger partial charge in [0.05, 0.1) is 7.11 Å². The van der Waals surface area contributed by atoms with Crippen LogP contribution in [-0.4, -0.2) is 13.1 Å². The summed E-state index contributed by atoms with van der Waals surface area (Å²) in [6.07, 6.45) is 3.42. The van der Waals surface area contributed by atoms with Crippen molar-refractivity contribution in [2.75, 3.05) is 7.11 Å². The zero-order valence-electron chi connectivity index (χ0n) is 10.3. The number of methoxy groups -OCH3 is 1. The Labute approximate surface area is 110 Å². The van der Waals surface area contributed by atoms with E-state index in [1.165, 1.54) is 13.2 Å². The second kappa shape index (κ2) is 5.82. The molecule has 0 atom stereocenters. The third-order valence-electron chi connectivity index (χ3n) is 2.41. The predicted molar refractivity (Wildman–Crippen MR) is 71.7 cm³/mol. The highest BCUT2D eigenvalue weighted by Gasteiger charge is 2.09. The Morgan fingerprint density at radius 1 is 1.16 bits per heavy atom. The van der Waals surface area contributed by atoms with Crippen LogP contribution in [0, 0.1) is 0 Å². The van der Waals surface area contributed by atoms with Crippen LogP contribution in [0.4, 0.5) is 0 Å². The van der Waals surface area contributed by atoms with Crippen LogP contribution in [-0.2, 0) is 4.74 Å². The zero-order valence-corrected chi connectivity index (χ0v) is 10.3. The average molecular weight is 256 g/mol. The first-order chi connectivity index (χ1) is 9.19. The van der Waals surface area contributed by atoms with Crippen molar-refractivity contribution in [2.24, 2.45) is 0 Å². The molecule has 0 radical (unpaired) electrons. The molecule has 0 aliphatic carbocycles. The molecule has 1 aromatic heterocycles. The van der Waals surface area contributed by atoms with Gasteiger partial charge in [-0.05, 0) is 11.6 Å². The van der Waals surface area contributed by atoms with Gasteiger partial charge in [-0.15, -0.1) is 0 Å². The van der Waals surface area contributed by atoms with E-state index in [2.05, 4.69) is 4.74 Å². The Morgan fingerprint density at radius 2 is 1.89 bits per heavy atom. The van der Waals surface area contributed by atoms with E-state index in [4.69, 9.17) is 4.42 Å². The normalized spacial score (nSPS) is 10.6. The molecule has 1 aromatic carbocycles. The van der Waals surface area contributed by atoms with E-state index in [0.29, 0.717) is 5.76 Å². The molecule has 0 aliphatic heterocycles. The molecule has 0 amide bonds. The number of hydrogen-bond acceptors (Lipinski definition) is 4. The summed E-state index contributed by atoms with van der Waals surface area (Å²) < 4.78 is 9.78. The molecule has 96 valence electrons. The van der Waals surface area contributed by atoms with Crippen LogP contribution in [0.25, 0.3) is 12.2 Å². The molecule has 0 bridgehead atoms. The molecule has 0 spiro atoms.